The molecule has 12 heteroatoms. The first-order chi connectivity index (χ1) is 18.3. The Morgan fingerprint density at radius 1 is 1.15 bits per heavy atom. The molecule has 0 aromatic carbocycles. The van der Waals surface area contributed by atoms with Crippen LogP contribution in [0.5, 0.6) is 5.75 Å². The third kappa shape index (κ3) is 5.05. The zero-order valence-electron chi connectivity index (χ0n) is 21.8. The Morgan fingerprint density at radius 3 is 2.62 bits per heavy atom. The molecule has 8 nitrogen and oxygen atoms in total. The fraction of sp³-hybridized carbons (Fsp3) is 0.407. The molecule has 6 rings (SSSR count). The number of fused-ring (bicyclic) bond motifs is 2. The molecule has 4 aromatic rings. The largest absolute Gasteiger partial charge is 0.573 e. The molecule has 0 unspecified atom stereocenters. The van der Waals surface area contributed by atoms with Crippen molar-refractivity contribution in [2.45, 2.75) is 64.5 Å². The number of hydrogen-bond acceptors (Lipinski definition) is 7. The van der Waals surface area contributed by atoms with Gasteiger partial charge in [-0.05, 0) is 64.7 Å². The van der Waals surface area contributed by atoms with E-state index in [2.05, 4.69) is 25.9 Å². The van der Waals surface area contributed by atoms with Crippen LogP contribution in [0.15, 0.2) is 36.7 Å². The van der Waals surface area contributed by atoms with E-state index in [1.54, 1.807) is 30.7 Å². The van der Waals surface area contributed by atoms with Gasteiger partial charge < -0.3 is 9.47 Å². The molecule has 0 saturated heterocycles. The van der Waals surface area contributed by atoms with Crippen molar-refractivity contribution >= 4 is 38.9 Å². The topological polar surface area (TPSA) is 81.9 Å². The highest BCUT2D eigenvalue weighted by molar-refractivity contribution is 7.20. The van der Waals surface area contributed by atoms with Crippen LogP contribution >= 0.6 is 11.3 Å². The molecule has 5 heterocycles. The van der Waals surface area contributed by atoms with Gasteiger partial charge in [0, 0.05) is 29.2 Å². The number of ether oxygens (including phenoxy) is 2. The average Bonchev–Trinajstić information content (AvgIpc) is 3.27. The standard InChI is InChI=1S/C27H26F3N5O3S/c1-15-14-35-23(32-15)20(37-27(28,29)30)10-18(33-35)17-9-22-19(31-13-17)11-21(39-22)16-5-8-34(26(12-16)6-7-26)24(36)38-25(2,3)4/h5,9-11,13-14H,6-8,12H2,1-4H3. The number of nitrogens with zero attached hydrogens (tertiary/aromatic N) is 5. The number of alkyl halides is 3. The SMILES string of the molecule is Cc1cn2nc(-c3cnc4cc(C5=CCN(C(=O)OC(C)(C)C)C6(CC6)C5)sc4c3)cc(OC(F)(F)F)c2n1. The summed E-state index contributed by atoms with van der Waals surface area (Å²) in [6.45, 7) is 7.74. The second kappa shape index (κ2) is 8.67. The molecule has 39 heavy (non-hydrogen) atoms. The third-order valence-electron chi connectivity index (χ3n) is 6.77. The first-order valence-corrected chi connectivity index (χ1v) is 13.3. The number of pyridine rings is 1. The molecule has 0 N–H and O–H groups in total. The molecule has 1 saturated carbocycles. The zero-order chi connectivity index (χ0) is 27.7. The Balaban J connectivity index is 1.31. The van der Waals surface area contributed by atoms with Crippen molar-refractivity contribution in [3.63, 3.8) is 0 Å². The lowest BCUT2D eigenvalue weighted by Crippen LogP contribution is -2.47. The molecule has 0 bridgehead atoms. The summed E-state index contributed by atoms with van der Waals surface area (Å²) in [6, 6.07) is 5.12. The van der Waals surface area contributed by atoms with Gasteiger partial charge in [0.1, 0.15) is 5.60 Å². The summed E-state index contributed by atoms with van der Waals surface area (Å²) < 4.78 is 51.3. The van der Waals surface area contributed by atoms with E-state index in [9.17, 15) is 18.0 Å². The highest BCUT2D eigenvalue weighted by atomic mass is 32.1. The minimum Gasteiger partial charge on any atom is -0.444 e. The number of imidazole rings is 1. The smallest absolute Gasteiger partial charge is 0.444 e. The van der Waals surface area contributed by atoms with Crippen molar-refractivity contribution < 1.29 is 27.4 Å². The number of carbonyl (C=O) groups excluding carboxylic acids is 1. The summed E-state index contributed by atoms with van der Waals surface area (Å²) in [4.78, 5) is 24.4. The molecule has 4 aromatic heterocycles. The van der Waals surface area contributed by atoms with Crippen LogP contribution in [0.25, 0.3) is 32.7 Å². The first kappa shape index (κ1) is 25.6. The molecule has 1 spiro atoms. The van der Waals surface area contributed by atoms with Gasteiger partial charge in [-0.25, -0.2) is 14.3 Å². The summed E-state index contributed by atoms with van der Waals surface area (Å²) in [5, 5.41) is 4.45. The van der Waals surface area contributed by atoms with Crippen LogP contribution in [0.4, 0.5) is 18.0 Å². The summed E-state index contributed by atoms with van der Waals surface area (Å²) in [6.07, 6.45) is 2.65. The molecule has 1 fully saturated rings. The number of halogens is 3. The Labute approximate surface area is 226 Å². The second-order valence-corrected chi connectivity index (χ2v) is 12.1. The van der Waals surface area contributed by atoms with E-state index in [0.29, 0.717) is 17.8 Å². The number of carbonyl (C=O) groups is 1. The fourth-order valence-electron chi connectivity index (χ4n) is 4.90. The Kier molecular flexibility index (Phi) is 5.69. The van der Waals surface area contributed by atoms with Gasteiger partial charge in [-0.2, -0.15) is 5.10 Å². The van der Waals surface area contributed by atoms with Crippen molar-refractivity contribution in [3.8, 4) is 17.0 Å². The third-order valence-corrected chi connectivity index (χ3v) is 7.92. The van der Waals surface area contributed by atoms with Crippen molar-refractivity contribution in [2.24, 2.45) is 0 Å². The molecule has 0 radical (unpaired) electrons. The molecule has 1 aliphatic carbocycles. The van der Waals surface area contributed by atoms with E-state index in [-0.39, 0.29) is 23.0 Å². The highest BCUT2D eigenvalue weighted by Crippen LogP contribution is 2.52. The van der Waals surface area contributed by atoms with Crippen LogP contribution in [0.2, 0.25) is 0 Å². The van der Waals surface area contributed by atoms with Crippen LogP contribution in [0.3, 0.4) is 0 Å². The van der Waals surface area contributed by atoms with E-state index in [0.717, 1.165) is 39.9 Å². The molecule has 2 aliphatic rings. The van der Waals surface area contributed by atoms with E-state index in [4.69, 9.17) is 4.74 Å². The van der Waals surface area contributed by atoms with E-state index in [1.807, 2.05) is 37.8 Å². The second-order valence-electron chi connectivity index (χ2n) is 11.0. The predicted molar refractivity (Wildman–Crippen MR) is 141 cm³/mol. The van der Waals surface area contributed by atoms with Crippen LogP contribution in [0, 0.1) is 6.92 Å². The van der Waals surface area contributed by atoms with Crippen LogP contribution in [-0.4, -0.2) is 54.6 Å². The van der Waals surface area contributed by atoms with Crippen molar-refractivity contribution in [1.82, 2.24) is 24.5 Å². The Bertz CT molecular complexity index is 1650. The molecule has 204 valence electrons. The molecular formula is C27H26F3N5O3S. The van der Waals surface area contributed by atoms with Gasteiger partial charge in [-0.1, -0.05) is 6.08 Å². The summed E-state index contributed by atoms with van der Waals surface area (Å²) in [5.41, 5.74) is 2.52. The minimum atomic E-state index is -4.87. The van der Waals surface area contributed by atoms with Crippen LogP contribution in [-0.2, 0) is 4.74 Å². The Morgan fingerprint density at radius 2 is 1.92 bits per heavy atom. The maximum Gasteiger partial charge on any atom is 0.573 e. The first-order valence-electron chi connectivity index (χ1n) is 12.5. The highest BCUT2D eigenvalue weighted by Gasteiger charge is 2.53. The minimum absolute atomic E-state index is 0.0142. The monoisotopic (exact) mass is 557 g/mol. The van der Waals surface area contributed by atoms with Crippen LogP contribution in [0.1, 0.15) is 50.6 Å². The van der Waals surface area contributed by atoms with Gasteiger partial charge in [-0.3, -0.25) is 9.88 Å². The van der Waals surface area contributed by atoms with Gasteiger partial charge in [0.05, 0.1) is 33.3 Å². The number of aromatic nitrogens is 4. The number of thiophene rings is 1. The van der Waals surface area contributed by atoms with Crippen molar-refractivity contribution in [1.29, 1.82) is 0 Å². The van der Waals surface area contributed by atoms with Gasteiger partial charge in [0.25, 0.3) is 0 Å². The van der Waals surface area contributed by atoms with E-state index >= 15 is 0 Å². The van der Waals surface area contributed by atoms with Gasteiger partial charge in [0.15, 0.2) is 11.4 Å². The normalized spacial score (nSPS) is 17.1. The summed E-state index contributed by atoms with van der Waals surface area (Å²) >= 11 is 1.56. The predicted octanol–water partition coefficient (Wildman–Crippen LogP) is 6.77. The molecule has 0 atom stereocenters. The van der Waals surface area contributed by atoms with E-state index < -0.39 is 17.7 Å². The van der Waals surface area contributed by atoms with Crippen molar-refractivity contribution in [3.05, 3.63) is 47.2 Å². The number of hydrogen-bond donors (Lipinski definition) is 0. The molecule has 1 amide bonds. The fourth-order valence-corrected chi connectivity index (χ4v) is 6.00. The van der Waals surface area contributed by atoms with Crippen LogP contribution < -0.4 is 4.74 Å². The lowest BCUT2D eigenvalue weighted by atomic mass is 9.97. The number of aryl methyl sites for hydroxylation is 1. The summed E-state index contributed by atoms with van der Waals surface area (Å²) in [7, 11) is 0. The lowest BCUT2D eigenvalue weighted by Gasteiger charge is -2.36. The van der Waals surface area contributed by atoms with Crippen molar-refractivity contribution in [2.75, 3.05) is 6.54 Å². The Hall–Kier alpha value is -3.67. The molecular weight excluding hydrogens is 531 g/mol. The maximum absolute atomic E-state index is 13.1. The average molecular weight is 558 g/mol. The van der Waals surface area contributed by atoms with Gasteiger partial charge in [-0.15, -0.1) is 24.5 Å². The number of rotatable bonds is 3. The number of amides is 1. The maximum atomic E-state index is 13.1. The van der Waals surface area contributed by atoms with Gasteiger partial charge >= 0.3 is 12.5 Å². The lowest BCUT2D eigenvalue weighted by molar-refractivity contribution is -0.274. The quantitative estimate of drug-likeness (QED) is 0.277. The zero-order valence-corrected chi connectivity index (χ0v) is 22.6. The van der Waals surface area contributed by atoms with E-state index in [1.165, 1.54) is 10.6 Å². The summed E-state index contributed by atoms with van der Waals surface area (Å²) in [5.74, 6) is -0.427. The van der Waals surface area contributed by atoms with Gasteiger partial charge in [0.2, 0.25) is 0 Å². The molecule has 1 aliphatic heterocycles.